The van der Waals surface area contributed by atoms with Crippen LogP contribution >= 0.6 is 0 Å². The molecule has 1 aromatic rings. The van der Waals surface area contributed by atoms with E-state index in [1.807, 2.05) is 0 Å². The highest BCUT2D eigenvalue weighted by molar-refractivity contribution is 7.90. The normalized spacial score (nSPS) is 13.9. The molecule has 0 bridgehead atoms. The van der Waals surface area contributed by atoms with Gasteiger partial charge in [-0.15, -0.1) is 0 Å². The maximum absolute atomic E-state index is 13.0. The smallest absolute Gasteiger partial charge is 0.175 e. The molecule has 0 saturated heterocycles. The molecule has 0 N–H and O–H groups in total. The summed E-state index contributed by atoms with van der Waals surface area (Å²) in [4.78, 5) is -0.790. The molecule has 1 unspecified atom stereocenters. The van der Waals surface area contributed by atoms with E-state index < -0.39 is 31.6 Å². The largest absolute Gasteiger partial charge is 0.768 e. The molecule has 14 heavy (non-hydrogen) atoms. The van der Waals surface area contributed by atoms with Crippen molar-refractivity contribution in [3.63, 3.8) is 0 Å². The van der Waals surface area contributed by atoms with Crippen molar-refractivity contribution in [2.75, 3.05) is 6.26 Å². The fourth-order valence-corrected chi connectivity index (χ4v) is 1.88. The zero-order valence-corrected chi connectivity index (χ0v) is 8.69. The van der Waals surface area contributed by atoms with Gasteiger partial charge in [-0.05, 0) is 29.3 Å². The van der Waals surface area contributed by atoms with Crippen molar-refractivity contribution < 1.29 is 21.6 Å². The van der Waals surface area contributed by atoms with Crippen LogP contribution < -0.4 is 0 Å². The summed E-state index contributed by atoms with van der Waals surface area (Å²) >= 11 is -2.70. The Morgan fingerprint density at radius 2 is 2.00 bits per heavy atom. The Kier molecular flexibility index (Phi) is 3.03. The highest BCUT2D eigenvalue weighted by Gasteiger charge is 2.10. The standard InChI is InChI=1S/C7H7FO4S2/c1-14(11,12)5-2-3-7(13(9)10)6(8)4-5/h2-4H,1H3,(H,9,10)/p-1. The third-order valence-corrected chi connectivity index (χ3v) is 3.31. The summed E-state index contributed by atoms with van der Waals surface area (Å²) < 4.78 is 55.7. The Labute approximate surface area is 83.0 Å². The highest BCUT2D eigenvalue weighted by Crippen LogP contribution is 2.16. The van der Waals surface area contributed by atoms with Gasteiger partial charge in [0.1, 0.15) is 5.82 Å². The monoisotopic (exact) mass is 237 g/mol. The fraction of sp³-hybridized carbons (Fsp3) is 0.143. The van der Waals surface area contributed by atoms with Crippen LogP contribution in [0.1, 0.15) is 0 Å². The van der Waals surface area contributed by atoms with E-state index in [1.165, 1.54) is 0 Å². The molecule has 0 aliphatic heterocycles. The summed E-state index contributed by atoms with van der Waals surface area (Å²) in [6.07, 6.45) is 0.912. The Balaban J connectivity index is 3.34. The number of rotatable bonds is 2. The SMILES string of the molecule is CS(=O)(=O)c1ccc(S(=O)[O-])c(F)c1. The summed E-state index contributed by atoms with van der Waals surface area (Å²) in [6.45, 7) is 0. The van der Waals surface area contributed by atoms with E-state index in [0.29, 0.717) is 6.07 Å². The second kappa shape index (κ2) is 3.76. The molecule has 4 nitrogen and oxygen atoms in total. The number of sulfone groups is 1. The minimum Gasteiger partial charge on any atom is -0.768 e. The summed E-state index contributed by atoms with van der Waals surface area (Å²) in [6, 6.07) is 2.64. The molecule has 0 fully saturated rings. The van der Waals surface area contributed by atoms with Gasteiger partial charge in [0.05, 0.1) is 9.79 Å². The third kappa shape index (κ3) is 2.37. The van der Waals surface area contributed by atoms with Gasteiger partial charge in [0.2, 0.25) is 0 Å². The van der Waals surface area contributed by atoms with Gasteiger partial charge in [-0.3, -0.25) is 4.21 Å². The van der Waals surface area contributed by atoms with Crippen LogP contribution in [0.5, 0.6) is 0 Å². The van der Waals surface area contributed by atoms with Crippen molar-refractivity contribution >= 4 is 20.9 Å². The molecule has 0 aliphatic carbocycles. The van der Waals surface area contributed by atoms with Crippen LogP contribution in [-0.4, -0.2) is 23.4 Å². The molecule has 0 aliphatic rings. The summed E-state index contributed by atoms with van der Waals surface area (Å²) in [7, 11) is -3.51. The molecule has 1 aromatic carbocycles. The number of hydrogen-bond acceptors (Lipinski definition) is 4. The lowest BCUT2D eigenvalue weighted by Gasteiger charge is -2.07. The molecular weight excluding hydrogens is 231 g/mol. The van der Waals surface area contributed by atoms with Gasteiger partial charge >= 0.3 is 0 Å². The lowest BCUT2D eigenvalue weighted by Crippen LogP contribution is -2.00. The maximum Gasteiger partial charge on any atom is 0.175 e. The highest BCUT2D eigenvalue weighted by atomic mass is 32.2. The first-order valence-corrected chi connectivity index (χ1v) is 6.38. The third-order valence-electron chi connectivity index (χ3n) is 1.51. The topological polar surface area (TPSA) is 74.3 Å². The minimum atomic E-state index is -3.51. The van der Waals surface area contributed by atoms with Crippen molar-refractivity contribution in [1.82, 2.24) is 0 Å². The Bertz CT molecular complexity index is 480. The van der Waals surface area contributed by atoms with Crippen LogP contribution in [0.3, 0.4) is 0 Å². The molecule has 0 aromatic heterocycles. The molecule has 78 valence electrons. The second-order valence-electron chi connectivity index (χ2n) is 2.60. The van der Waals surface area contributed by atoms with Crippen LogP contribution in [0.2, 0.25) is 0 Å². The molecule has 7 heteroatoms. The Morgan fingerprint density at radius 3 is 2.36 bits per heavy atom. The predicted octanol–water partition coefficient (Wildman–Crippen LogP) is 0.467. The van der Waals surface area contributed by atoms with Crippen LogP contribution in [0.15, 0.2) is 28.0 Å². The van der Waals surface area contributed by atoms with E-state index >= 15 is 0 Å². The van der Waals surface area contributed by atoms with Crippen LogP contribution in [0.4, 0.5) is 4.39 Å². The van der Waals surface area contributed by atoms with E-state index in [-0.39, 0.29) is 4.90 Å². The van der Waals surface area contributed by atoms with E-state index in [4.69, 9.17) is 0 Å². The first-order chi connectivity index (χ1) is 6.32. The maximum atomic E-state index is 13.0. The van der Waals surface area contributed by atoms with E-state index in [0.717, 1.165) is 18.4 Å². The van der Waals surface area contributed by atoms with Crippen LogP contribution in [0.25, 0.3) is 0 Å². The molecule has 1 rings (SSSR count). The summed E-state index contributed by atoms with van der Waals surface area (Å²) in [5, 5.41) is 0. The fourth-order valence-electron chi connectivity index (χ4n) is 0.847. The predicted molar refractivity (Wildman–Crippen MR) is 46.7 cm³/mol. The lowest BCUT2D eigenvalue weighted by atomic mass is 10.3. The lowest BCUT2D eigenvalue weighted by molar-refractivity contribution is 0.521. The van der Waals surface area contributed by atoms with Crippen molar-refractivity contribution in [3.05, 3.63) is 24.0 Å². The molecule has 0 saturated carbocycles. The molecular formula is C7H6FO4S2-. The quantitative estimate of drug-likeness (QED) is 0.701. The van der Waals surface area contributed by atoms with Gasteiger partial charge in [0.25, 0.3) is 0 Å². The number of benzene rings is 1. The second-order valence-corrected chi connectivity index (χ2v) is 5.52. The van der Waals surface area contributed by atoms with Gasteiger partial charge in [-0.25, -0.2) is 12.8 Å². The average Bonchev–Trinajstić information content (AvgIpc) is 2.01. The van der Waals surface area contributed by atoms with E-state index in [2.05, 4.69) is 0 Å². The molecule has 0 spiro atoms. The van der Waals surface area contributed by atoms with E-state index in [9.17, 15) is 21.6 Å². The first-order valence-electron chi connectivity index (χ1n) is 3.41. The van der Waals surface area contributed by atoms with Crippen molar-refractivity contribution in [3.8, 4) is 0 Å². The molecule has 0 radical (unpaired) electrons. The van der Waals surface area contributed by atoms with Gasteiger partial charge in [-0.2, -0.15) is 0 Å². The zero-order valence-electron chi connectivity index (χ0n) is 7.06. The Hall–Kier alpha value is -0.790. The van der Waals surface area contributed by atoms with Crippen molar-refractivity contribution in [2.24, 2.45) is 0 Å². The van der Waals surface area contributed by atoms with Gasteiger partial charge in [0.15, 0.2) is 9.84 Å². The van der Waals surface area contributed by atoms with Gasteiger partial charge < -0.3 is 4.55 Å². The first kappa shape index (κ1) is 11.3. The number of halogens is 1. The summed E-state index contributed by atoms with van der Waals surface area (Å²) in [5.74, 6) is -1.07. The van der Waals surface area contributed by atoms with Crippen LogP contribution in [-0.2, 0) is 20.9 Å². The zero-order chi connectivity index (χ0) is 10.9. The molecule has 1 atom stereocenters. The van der Waals surface area contributed by atoms with Gasteiger partial charge in [0, 0.05) is 6.26 Å². The summed E-state index contributed by atoms with van der Waals surface area (Å²) in [5.41, 5.74) is 0. The number of hydrogen-bond donors (Lipinski definition) is 0. The van der Waals surface area contributed by atoms with Gasteiger partial charge in [-0.1, -0.05) is 0 Å². The van der Waals surface area contributed by atoms with E-state index in [1.54, 1.807) is 0 Å². The van der Waals surface area contributed by atoms with Crippen molar-refractivity contribution in [2.45, 2.75) is 9.79 Å². The van der Waals surface area contributed by atoms with Crippen LogP contribution in [0, 0.1) is 5.82 Å². The van der Waals surface area contributed by atoms with Crippen molar-refractivity contribution in [1.29, 1.82) is 0 Å². The Morgan fingerprint density at radius 1 is 1.43 bits per heavy atom. The molecule has 0 heterocycles. The minimum absolute atomic E-state index is 0.246. The molecule has 0 amide bonds. The average molecular weight is 237 g/mol.